The number of rotatable bonds is 25. The average Bonchev–Trinajstić information content (AvgIpc) is 2.94. The summed E-state index contributed by atoms with van der Waals surface area (Å²) in [6.45, 7) is 5.55. The van der Waals surface area contributed by atoms with Gasteiger partial charge in [0.2, 0.25) is 0 Å². The Hall–Kier alpha value is -2.44. The van der Waals surface area contributed by atoms with Crippen molar-refractivity contribution < 1.29 is 28.5 Å². The van der Waals surface area contributed by atoms with Crippen LogP contribution in [0.1, 0.15) is 117 Å². The fourth-order valence-corrected chi connectivity index (χ4v) is 4.44. The van der Waals surface area contributed by atoms with Crippen LogP contribution >= 0.6 is 0 Å². The second kappa shape index (κ2) is 23.4. The van der Waals surface area contributed by atoms with Gasteiger partial charge in [-0.05, 0) is 12.8 Å². The largest absolute Gasteiger partial charge is 0.493 e. The Bertz CT molecular complexity index is 711. The molecular weight excluding hydrogens is 494 g/mol. The summed E-state index contributed by atoms with van der Waals surface area (Å²) in [5.41, 5.74) is 0.658. The van der Waals surface area contributed by atoms with Crippen LogP contribution in [0.2, 0.25) is 0 Å². The minimum Gasteiger partial charge on any atom is -0.493 e. The van der Waals surface area contributed by atoms with Gasteiger partial charge in [0.05, 0.1) is 27.4 Å². The van der Waals surface area contributed by atoms with Crippen molar-refractivity contribution in [3.05, 3.63) is 18.2 Å². The quantitative estimate of drug-likeness (QED) is 0.0907. The molecule has 0 atom stereocenters. The van der Waals surface area contributed by atoms with E-state index in [0.29, 0.717) is 30.4 Å². The standard InChI is InChI=1S/C32H55NO6/c1-5-7-9-11-13-15-17-19-21-38-29-23-28(33(26-31(34)36-3)27-32(35)37-4)24-30(25-29)39-22-20-18-16-14-12-10-8-6-2/h23-25H,5-22,26-27H2,1-4H3. The fraction of sp³-hybridized carbons (Fsp3) is 0.750. The van der Waals surface area contributed by atoms with Gasteiger partial charge in [0.15, 0.2) is 0 Å². The van der Waals surface area contributed by atoms with Crippen molar-refractivity contribution >= 4 is 17.6 Å². The van der Waals surface area contributed by atoms with Crippen molar-refractivity contribution in [2.75, 3.05) is 45.4 Å². The van der Waals surface area contributed by atoms with E-state index in [4.69, 9.17) is 18.9 Å². The number of hydrogen-bond donors (Lipinski definition) is 0. The van der Waals surface area contributed by atoms with E-state index in [-0.39, 0.29) is 13.1 Å². The third kappa shape index (κ3) is 17.7. The van der Waals surface area contributed by atoms with Crippen molar-refractivity contribution in [3.63, 3.8) is 0 Å². The summed E-state index contributed by atoms with van der Waals surface area (Å²) >= 11 is 0. The van der Waals surface area contributed by atoms with Gasteiger partial charge in [0.25, 0.3) is 0 Å². The highest BCUT2D eigenvalue weighted by Gasteiger charge is 2.18. The molecule has 0 aliphatic rings. The normalized spacial score (nSPS) is 10.8. The van der Waals surface area contributed by atoms with Gasteiger partial charge >= 0.3 is 11.9 Å². The molecule has 1 rings (SSSR count). The summed E-state index contributed by atoms with van der Waals surface area (Å²) < 4.78 is 21.9. The van der Waals surface area contributed by atoms with E-state index in [9.17, 15) is 9.59 Å². The summed E-state index contributed by atoms with van der Waals surface area (Å²) in [4.78, 5) is 25.8. The van der Waals surface area contributed by atoms with Crippen LogP contribution in [-0.2, 0) is 19.1 Å². The molecule has 0 bridgehead atoms. The molecule has 0 fully saturated rings. The van der Waals surface area contributed by atoms with Crippen molar-refractivity contribution in [2.24, 2.45) is 0 Å². The van der Waals surface area contributed by atoms with Gasteiger partial charge in [0, 0.05) is 23.9 Å². The van der Waals surface area contributed by atoms with Crippen molar-refractivity contribution in [1.82, 2.24) is 0 Å². The Balaban J connectivity index is 2.74. The number of anilines is 1. The maximum absolute atomic E-state index is 12.1. The molecule has 0 N–H and O–H groups in total. The lowest BCUT2D eigenvalue weighted by atomic mass is 10.1. The molecule has 1 aromatic rings. The highest BCUT2D eigenvalue weighted by molar-refractivity contribution is 5.81. The Morgan fingerprint density at radius 2 is 0.923 bits per heavy atom. The minimum absolute atomic E-state index is 0.0788. The Kier molecular flexibility index (Phi) is 20.8. The molecule has 0 aromatic heterocycles. The predicted octanol–water partition coefficient (Wildman–Crippen LogP) is 7.88. The molecule has 0 aliphatic carbocycles. The first-order valence-electron chi connectivity index (χ1n) is 15.3. The van der Waals surface area contributed by atoms with E-state index < -0.39 is 11.9 Å². The van der Waals surface area contributed by atoms with Crippen LogP contribution in [0.15, 0.2) is 18.2 Å². The van der Waals surface area contributed by atoms with Crippen LogP contribution in [-0.4, -0.2) is 52.5 Å². The van der Waals surface area contributed by atoms with Crippen LogP contribution in [0.3, 0.4) is 0 Å². The molecule has 0 saturated carbocycles. The van der Waals surface area contributed by atoms with Crippen molar-refractivity contribution in [3.8, 4) is 11.5 Å². The number of esters is 2. The number of carbonyl (C=O) groups excluding carboxylic acids is 2. The molecule has 0 unspecified atom stereocenters. The lowest BCUT2D eigenvalue weighted by Crippen LogP contribution is -2.35. The zero-order chi connectivity index (χ0) is 28.6. The SMILES string of the molecule is CCCCCCCCCCOc1cc(OCCCCCCCCCC)cc(N(CC(=O)OC)CC(=O)OC)c1. The highest BCUT2D eigenvalue weighted by Crippen LogP contribution is 2.29. The minimum atomic E-state index is -0.439. The zero-order valence-electron chi connectivity index (χ0n) is 25.3. The molecule has 0 saturated heterocycles. The predicted molar refractivity (Wildman–Crippen MR) is 159 cm³/mol. The van der Waals surface area contributed by atoms with Crippen molar-refractivity contribution in [1.29, 1.82) is 0 Å². The van der Waals surface area contributed by atoms with Gasteiger partial charge in [0.1, 0.15) is 24.6 Å². The van der Waals surface area contributed by atoms with Crippen molar-refractivity contribution in [2.45, 2.75) is 117 Å². The maximum atomic E-state index is 12.1. The van der Waals surface area contributed by atoms with E-state index in [1.165, 1.54) is 91.3 Å². The summed E-state index contributed by atoms with van der Waals surface area (Å²) in [5, 5.41) is 0. The third-order valence-corrected chi connectivity index (χ3v) is 6.86. The molecule has 0 amide bonds. The number of carbonyl (C=O) groups is 2. The van der Waals surface area contributed by atoms with Crippen LogP contribution in [0.5, 0.6) is 11.5 Å². The lowest BCUT2D eigenvalue weighted by Gasteiger charge is -2.23. The summed E-state index contributed by atoms with van der Waals surface area (Å²) in [7, 11) is 2.67. The summed E-state index contributed by atoms with van der Waals surface area (Å²) in [6.07, 6.45) is 19.8. The summed E-state index contributed by atoms with van der Waals surface area (Å²) in [5.74, 6) is 0.457. The molecule has 0 heterocycles. The fourth-order valence-electron chi connectivity index (χ4n) is 4.44. The van der Waals surface area contributed by atoms with Crippen LogP contribution < -0.4 is 14.4 Å². The third-order valence-electron chi connectivity index (χ3n) is 6.86. The Labute approximate surface area is 237 Å². The lowest BCUT2D eigenvalue weighted by molar-refractivity contribution is -0.140. The first kappa shape index (κ1) is 34.6. The topological polar surface area (TPSA) is 74.3 Å². The monoisotopic (exact) mass is 549 g/mol. The Morgan fingerprint density at radius 3 is 1.28 bits per heavy atom. The smallest absolute Gasteiger partial charge is 0.325 e. The second-order valence-electron chi connectivity index (χ2n) is 10.3. The number of benzene rings is 1. The Morgan fingerprint density at radius 1 is 0.564 bits per heavy atom. The molecule has 0 radical (unpaired) electrons. The van der Waals surface area contributed by atoms with Gasteiger partial charge in [-0.1, -0.05) is 104 Å². The molecule has 39 heavy (non-hydrogen) atoms. The number of nitrogens with zero attached hydrogens (tertiary/aromatic N) is 1. The average molecular weight is 550 g/mol. The van der Waals surface area contributed by atoms with Crippen LogP contribution in [0.25, 0.3) is 0 Å². The zero-order valence-corrected chi connectivity index (χ0v) is 25.3. The van der Waals surface area contributed by atoms with Gasteiger partial charge < -0.3 is 23.8 Å². The van der Waals surface area contributed by atoms with E-state index in [1.54, 1.807) is 4.90 Å². The molecule has 224 valence electrons. The van der Waals surface area contributed by atoms with E-state index >= 15 is 0 Å². The van der Waals surface area contributed by atoms with Crippen LogP contribution in [0.4, 0.5) is 5.69 Å². The van der Waals surface area contributed by atoms with E-state index in [1.807, 2.05) is 18.2 Å². The molecule has 7 nitrogen and oxygen atoms in total. The molecule has 0 aliphatic heterocycles. The second-order valence-corrected chi connectivity index (χ2v) is 10.3. The van der Waals surface area contributed by atoms with Gasteiger partial charge in [-0.3, -0.25) is 9.59 Å². The molecule has 7 heteroatoms. The summed E-state index contributed by atoms with van der Waals surface area (Å²) in [6, 6.07) is 5.59. The molecule has 1 aromatic carbocycles. The number of methoxy groups -OCH3 is 2. The van der Waals surface area contributed by atoms with Gasteiger partial charge in [-0.15, -0.1) is 0 Å². The molecular formula is C32H55NO6. The maximum Gasteiger partial charge on any atom is 0.325 e. The van der Waals surface area contributed by atoms with Gasteiger partial charge in [-0.2, -0.15) is 0 Å². The number of hydrogen-bond acceptors (Lipinski definition) is 7. The van der Waals surface area contributed by atoms with Gasteiger partial charge in [-0.25, -0.2) is 0 Å². The number of unbranched alkanes of at least 4 members (excludes halogenated alkanes) is 14. The highest BCUT2D eigenvalue weighted by atomic mass is 16.5. The van der Waals surface area contributed by atoms with E-state index in [2.05, 4.69) is 13.8 Å². The van der Waals surface area contributed by atoms with Crippen LogP contribution in [0, 0.1) is 0 Å². The molecule has 0 spiro atoms. The first-order valence-corrected chi connectivity index (χ1v) is 15.3. The van der Waals surface area contributed by atoms with E-state index in [0.717, 1.165) is 25.7 Å². The first-order chi connectivity index (χ1) is 19.0. The number of ether oxygens (including phenoxy) is 4.